The largest absolute Gasteiger partial charge is 0.477 e. The van der Waals surface area contributed by atoms with E-state index in [1.807, 2.05) is 0 Å². The van der Waals surface area contributed by atoms with Gasteiger partial charge in [-0.05, 0) is 24.1 Å². The summed E-state index contributed by atoms with van der Waals surface area (Å²) in [7, 11) is 2.98. The molecule has 0 bridgehead atoms. The third-order valence-corrected chi connectivity index (χ3v) is 2.73. The normalized spacial score (nSPS) is 9.60. The molecule has 0 aliphatic rings. The Morgan fingerprint density at radius 1 is 0.950 bits per heavy atom. The van der Waals surface area contributed by atoms with E-state index in [1.165, 1.54) is 20.4 Å². The maximum Gasteiger partial charge on any atom is 0.279 e. The first-order chi connectivity index (χ1) is 9.62. The molecular weight excluding hydrogens is 299 g/mol. The maximum absolute atomic E-state index is 5.90. The molecule has 102 valence electrons. The molecule has 1 heterocycles. The second-order valence-electron chi connectivity index (χ2n) is 3.68. The van der Waals surface area contributed by atoms with Gasteiger partial charge in [-0.3, -0.25) is 0 Å². The van der Waals surface area contributed by atoms with E-state index in [1.54, 1.807) is 18.2 Å². The van der Waals surface area contributed by atoms with E-state index >= 15 is 0 Å². The molecule has 1 aromatic carbocycles. The fraction of sp³-hybridized carbons (Fsp3) is 0.143. The fourth-order valence-corrected chi connectivity index (χ4v) is 1.98. The summed E-state index contributed by atoms with van der Waals surface area (Å²) in [6, 6.07) is 5.08. The lowest BCUT2D eigenvalue weighted by atomic mass is 10.2. The zero-order chi connectivity index (χ0) is 14.5. The number of hydrogen-bond acceptors (Lipinski definition) is 4. The summed E-state index contributed by atoms with van der Waals surface area (Å²) < 4.78 is 10.1. The summed E-state index contributed by atoms with van der Waals surface area (Å²) in [5.41, 5.74) is 1.15. The van der Waals surface area contributed by atoms with Crippen LogP contribution in [0.15, 0.2) is 24.4 Å². The lowest BCUT2D eigenvalue weighted by molar-refractivity contribution is 0.331. The first-order valence-electron chi connectivity index (χ1n) is 5.55. The lowest BCUT2D eigenvalue weighted by Crippen LogP contribution is -1.97. The van der Waals surface area contributed by atoms with E-state index in [0.717, 1.165) is 0 Å². The fourth-order valence-electron chi connectivity index (χ4n) is 1.46. The molecule has 0 aliphatic heterocycles. The van der Waals surface area contributed by atoms with Gasteiger partial charge in [0.2, 0.25) is 0 Å². The van der Waals surface area contributed by atoms with Crippen molar-refractivity contribution < 1.29 is 9.47 Å². The minimum absolute atomic E-state index is 0.281. The number of methoxy groups -OCH3 is 2. The number of nitrogens with zero attached hydrogens (tertiary/aromatic N) is 2. The summed E-state index contributed by atoms with van der Waals surface area (Å²) in [6.07, 6.45) is 1.50. The van der Waals surface area contributed by atoms with Gasteiger partial charge in [0.25, 0.3) is 11.8 Å². The van der Waals surface area contributed by atoms with Crippen molar-refractivity contribution in [2.75, 3.05) is 14.2 Å². The van der Waals surface area contributed by atoms with Crippen molar-refractivity contribution in [2.45, 2.75) is 0 Å². The van der Waals surface area contributed by atoms with E-state index in [2.05, 4.69) is 21.8 Å². The first-order valence-corrected chi connectivity index (χ1v) is 6.31. The standard InChI is InChI=1S/C14H10Cl2N2O2/c1-19-13-14(20-2)18-12(8-17-13)4-3-9-5-10(15)7-11(16)6-9/h5-8H,1-2H3. The highest BCUT2D eigenvalue weighted by atomic mass is 35.5. The quantitative estimate of drug-likeness (QED) is 0.799. The second-order valence-corrected chi connectivity index (χ2v) is 4.55. The molecular formula is C14H10Cl2N2O2. The van der Waals surface area contributed by atoms with Gasteiger partial charge in [-0.1, -0.05) is 29.1 Å². The van der Waals surface area contributed by atoms with E-state index < -0.39 is 0 Å². The number of rotatable bonds is 2. The molecule has 0 unspecified atom stereocenters. The summed E-state index contributed by atoms with van der Waals surface area (Å²) >= 11 is 11.8. The van der Waals surface area contributed by atoms with Gasteiger partial charge in [-0.15, -0.1) is 0 Å². The Kier molecular flexibility index (Phi) is 4.67. The van der Waals surface area contributed by atoms with Gasteiger partial charge in [-0.2, -0.15) is 4.98 Å². The van der Waals surface area contributed by atoms with Crippen molar-refractivity contribution in [1.29, 1.82) is 0 Å². The predicted molar refractivity (Wildman–Crippen MR) is 77.6 cm³/mol. The van der Waals surface area contributed by atoms with Crippen LogP contribution in [0, 0.1) is 11.8 Å². The van der Waals surface area contributed by atoms with E-state index in [0.29, 0.717) is 27.2 Å². The maximum atomic E-state index is 5.90. The number of hydrogen-bond donors (Lipinski definition) is 0. The topological polar surface area (TPSA) is 44.2 Å². The minimum atomic E-state index is 0.281. The Morgan fingerprint density at radius 3 is 2.20 bits per heavy atom. The van der Waals surface area contributed by atoms with Crippen molar-refractivity contribution in [3.05, 3.63) is 45.7 Å². The molecule has 0 fully saturated rings. The second kappa shape index (κ2) is 6.47. The lowest BCUT2D eigenvalue weighted by Gasteiger charge is -2.03. The smallest absolute Gasteiger partial charge is 0.279 e. The Bertz CT molecular complexity index is 673. The molecule has 0 saturated carbocycles. The van der Waals surface area contributed by atoms with Crippen LogP contribution in [0.5, 0.6) is 11.8 Å². The summed E-state index contributed by atoms with van der Waals surface area (Å²) in [4.78, 5) is 8.22. The van der Waals surface area contributed by atoms with Crippen molar-refractivity contribution in [1.82, 2.24) is 9.97 Å². The van der Waals surface area contributed by atoms with Gasteiger partial charge < -0.3 is 9.47 Å². The van der Waals surface area contributed by atoms with Crippen LogP contribution in [0.25, 0.3) is 0 Å². The molecule has 0 amide bonds. The molecule has 0 radical (unpaired) electrons. The Labute approximate surface area is 126 Å². The van der Waals surface area contributed by atoms with Crippen LogP contribution >= 0.6 is 23.2 Å². The minimum Gasteiger partial charge on any atom is -0.477 e. The zero-order valence-corrected chi connectivity index (χ0v) is 12.3. The van der Waals surface area contributed by atoms with Crippen LogP contribution in [-0.4, -0.2) is 24.2 Å². The van der Waals surface area contributed by atoms with Gasteiger partial charge >= 0.3 is 0 Å². The first kappa shape index (κ1) is 14.4. The van der Waals surface area contributed by atoms with Crippen LogP contribution < -0.4 is 9.47 Å². The molecule has 0 atom stereocenters. The SMILES string of the molecule is COc1ncc(C#Cc2cc(Cl)cc(Cl)c2)nc1OC. The summed E-state index contributed by atoms with van der Waals surface area (Å²) in [5, 5.41) is 1.06. The molecule has 4 nitrogen and oxygen atoms in total. The highest BCUT2D eigenvalue weighted by Gasteiger charge is 2.06. The highest BCUT2D eigenvalue weighted by Crippen LogP contribution is 2.20. The monoisotopic (exact) mass is 308 g/mol. The number of aromatic nitrogens is 2. The summed E-state index contributed by atoms with van der Waals surface area (Å²) in [5.74, 6) is 6.37. The highest BCUT2D eigenvalue weighted by molar-refractivity contribution is 6.34. The van der Waals surface area contributed by atoms with Gasteiger partial charge in [0, 0.05) is 15.6 Å². The van der Waals surface area contributed by atoms with Crippen molar-refractivity contribution >= 4 is 23.2 Å². The molecule has 6 heteroatoms. The molecule has 1 aromatic heterocycles. The molecule has 0 saturated heterocycles. The number of halogens is 2. The molecule has 0 N–H and O–H groups in total. The Morgan fingerprint density at radius 2 is 1.60 bits per heavy atom. The molecule has 20 heavy (non-hydrogen) atoms. The number of ether oxygens (including phenoxy) is 2. The third-order valence-electron chi connectivity index (χ3n) is 2.29. The molecule has 0 aliphatic carbocycles. The molecule has 0 spiro atoms. The molecule has 2 rings (SSSR count). The van der Waals surface area contributed by atoms with Crippen LogP contribution in [0.3, 0.4) is 0 Å². The van der Waals surface area contributed by atoms with Crippen LogP contribution in [0.1, 0.15) is 11.3 Å². The third kappa shape index (κ3) is 3.53. The number of benzene rings is 1. The van der Waals surface area contributed by atoms with E-state index in [9.17, 15) is 0 Å². The van der Waals surface area contributed by atoms with Crippen molar-refractivity contribution in [2.24, 2.45) is 0 Å². The van der Waals surface area contributed by atoms with Gasteiger partial charge in [0.1, 0.15) is 5.69 Å². The van der Waals surface area contributed by atoms with Crippen LogP contribution in [-0.2, 0) is 0 Å². The average Bonchev–Trinajstić information content (AvgIpc) is 2.43. The van der Waals surface area contributed by atoms with Crippen LogP contribution in [0.2, 0.25) is 10.0 Å². The van der Waals surface area contributed by atoms with E-state index in [4.69, 9.17) is 32.7 Å². The van der Waals surface area contributed by atoms with Crippen LogP contribution in [0.4, 0.5) is 0 Å². The predicted octanol–water partition coefficient (Wildman–Crippen LogP) is 3.20. The van der Waals surface area contributed by atoms with Crippen molar-refractivity contribution in [3.63, 3.8) is 0 Å². The van der Waals surface area contributed by atoms with E-state index in [-0.39, 0.29) is 5.88 Å². The van der Waals surface area contributed by atoms with Gasteiger partial charge in [0.05, 0.1) is 20.4 Å². The van der Waals surface area contributed by atoms with Gasteiger partial charge in [0.15, 0.2) is 0 Å². The molecule has 2 aromatic rings. The van der Waals surface area contributed by atoms with Gasteiger partial charge in [-0.25, -0.2) is 4.98 Å². The zero-order valence-electron chi connectivity index (χ0n) is 10.8. The summed E-state index contributed by atoms with van der Waals surface area (Å²) in [6.45, 7) is 0. The van der Waals surface area contributed by atoms with Crippen molar-refractivity contribution in [3.8, 4) is 23.6 Å². The Hall–Kier alpha value is -1.96. The average molecular weight is 309 g/mol. The Balaban J connectivity index is 2.33.